The third kappa shape index (κ3) is 2.40. The quantitative estimate of drug-likeness (QED) is 0.802. The fourth-order valence-electron chi connectivity index (χ4n) is 1.58. The molecule has 2 heterocycles. The summed E-state index contributed by atoms with van der Waals surface area (Å²) in [6.45, 7) is 5.89. The summed E-state index contributed by atoms with van der Waals surface area (Å²) in [4.78, 5) is 26.4. The van der Waals surface area contributed by atoms with Crippen molar-refractivity contribution >= 4 is 28.5 Å². The zero-order valence-electron chi connectivity index (χ0n) is 9.94. The number of aromatic nitrogens is 1. The first-order chi connectivity index (χ1) is 7.99. The van der Waals surface area contributed by atoms with Gasteiger partial charge in [-0.25, -0.2) is 0 Å². The first-order valence-corrected chi connectivity index (χ1v) is 6.89. The van der Waals surface area contributed by atoms with Crippen molar-refractivity contribution in [2.75, 3.05) is 0 Å². The maximum absolute atomic E-state index is 12.0. The molecule has 0 fully saturated rings. The molecule has 2 rings (SSSR count). The lowest BCUT2D eigenvalue weighted by Crippen LogP contribution is -2.20. The molecule has 0 spiro atoms. The minimum absolute atomic E-state index is 0.00565. The molecule has 3 nitrogen and oxygen atoms in total. The molecule has 17 heavy (non-hydrogen) atoms. The van der Waals surface area contributed by atoms with Gasteiger partial charge in [-0.2, -0.15) is 0 Å². The Morgan fingerprint density at radius 2 is 1.94 bits per heavy atom. The molecule has 90 valence electrons. The van der Waals surface area contributed by atoms with Gasteiger partial charge >= 0.3 is 4.87 Å². The largest absolute Gasteiger partial charge is 0.307 e. The molecule has 0 aliphatic heterocycles. The maximum atomic E-state index is 12.0. The van der Waals surface area contributed by atoms with Gasteiger partial charge in [-0.1, -0.05) is 11.3 Å². The lowest BCUT2D eigenvalue weighted by atomic mass is 10.3. The SMILES string of the molecule is Cc1ccc(C(=O)Cn2c(C)c(C)sc2=O)s1. The van der Waals surface area contributed by atoms with E-state index in [1.807, 2.05) is 32.9 Å². The number of thiazole rings is 1. The van der Waals surface area contributed by atoms with Crippen LogP contribution in [0.25, 0.3) is 0 Å². The molecular formula is C12H13NO2S2. The van der Waals surface area contributed by atoms with E-state index in [2.05, 4.69) is 0 Å². The van der Waals surface area contributed by atoms with Crippen LogP contribution < -0.4 is 4.87 Å². The number of thiophene rings is 1. The van der Waals surface area contributed by atoms with Gasteiger partial charge in [0.05, 0.1) is 11.4 Å². The summed E-state index contributed by atoms with van der Waals surface area (Å²) >= 11 is 2.67. The number of hydrogen-bond acceptors (Lipinski definition) is 4. The van der Waals surface area contributed by atoms with Crippen LogP contribution in [0.15, 0.2) is 16.9 Å². The van der Waals surface area contributed by atoms with Crippen molar-refractivity contribution in [2.24, 2.45) is 0 Å². The second-order valence-corrected chi connectivity index (χ2v) is 6.38. The lowest BCUT2D eigenvalue weighted by molar-refractivity contribution is 0.0974. The van der Waals surface area contributed by atoms with Gasteiger partial charge < -0.3 is 0 Å². The molecule has 0 saturated heterocycles. The van der Waals surface area contributed by atoms with Gasteiger partial charge in [-0.05, 0) is 32.9 Å². The summed E-state index contributed by atoms with van der Waals surface area (Å²) in [6.07, 6.45) is 0. The Hall–Kier alpha value is -1.20. The van der Waals surface area contributed by atoms with E-state index < -0.39 is 0 Å². The van der Waals surface area contributed by atoms with Crippen LogP contribution >= 0.6 is 22.7 Å². The Balaban J connectivity index is 2.27. The van der Waals surface area contributed by atoms with E-state index in [0.717, 1.165) is 20.3 Å². The standard InChI is InChI=1S/C12H13NO2S2/c1-7-4-5-11(16-7)10(14)6-13-8(2)9(3)17-12(13)15/h4-5H,6H2,1-3H3. The second-order valence-electron chi connectivity index (χ2n) is 3.93. The Kier molecular flexibility index (Phi) is 3.31. The highest BCUT2D eigenvalue weighted by Crippen LogP contribution is 2.17. The molecule has 0 saturated carbocycles. The van der Waals surface area contributed by atoms with Gasteiger partial charge in [-0.15, -0.1) is 11.3 Å². The van der Waals surface area contributed by atoms with E-state index >= 15 is 0 Å². The molecular weight excluding hydrogens is 254 g/mol. The molecule has 2 aromatic rings. The lowest BCUT2D eigenvalue weighted by Gasteiger charge is -2.02. The molecule has 0 aliphatic carbocycles. The van der Waals surface area contributed by atoms with Crippen LogP contribution in [0, 0.1) is 20.8 Å². The fourth-order valence-corrected chi connectivity index (χ4v) is 3.20. The minimum Gasteiger partial charge on any atom is -0.295 e. The number of carbonyl (C=O) groups excluding carboxylic acids is 1. The topological polar surface area (TPSA) is 39.1 Å². The van der Waals surface area contributed by atoms with Crippen molar-refractivity contribution in [1.82, 2.24) is 4.57 Å². The summed E-state index contributed by atoms with van der Waals surface area (Å²) in [5, 5.41) is 0. The summed E-state index contributed by atoms with van der Waals surface area (Å²) in [5.74, 6) is 0.00565. The molecule has 2 aromatic heterocycles. The van der Waals surface area contributed by atoms with E-state index in [-0.39, 0.29) is 17.2 Å². The van der Waals surface area contributed by atoms with Crippen molar-refractivity contribution in [3.05, 3.63) is 42.1 Å². The first kappa shape index (κ1) is 12.3. The van der Waals surface area contributed by atoms with Gasteiger partial charge in [0.1, 0.15) is 0 Å². The predicted octanol–water partition coefficient (Wildman–Crippen LogP) is 2.78. The number of ketones is 1. The number of hydrogen-bond donors (Lipinski definition) is 0. The van der Waals surface area contributed by atoms with Gasteiger partial charge in [0.2, 0.25) is 0 Å². The summed E-state index contributed by atoms with van der Waals surface area (Å²) in [5.41, 5.74) is 0.890. The average Bonchev–Trinajstić information content (AvgIpc) is 2.79. The van der Waals surface area contributed by atoms with Crippen molar-refractivity contribution < 1.29 is 4.79 Å². The summed E-state index contributed by atoms with van der Waals surface area (Å²) in [6, 6.07) is 3.74. The van der Waals surface area contributed by atoms with Crippen LogP contribution in [0.1, 0.15) is 25.1 Å². The zero-order chi connectivity index (χ0) is 12.6. The third-order valence-corrected chi connectivity index (χ3v) is 4.73. The molecule has 0 aromatic carbocycles. The molecule has 0 radical (unpaired) electrons. The van der Waals surface area contributed by atoms with Crippen LogP contribution in [0.4, 0.5) is 0 Å². The van der Waals surface area contributed by atoms with Crippen molar-refractivity contribution in [2.45, 2.75) is 27.3 Å². The number of aryl methyl sites for hydroxylation is 2. The summed E-state index contributed by atoms with van der Waals surface area (Å²) in [7, 11) is 0. The monoisotopic (exact) mass is 267 g/mol. The van der Waals surface area contributed by atoms with Gasteiger partial charge in [-0.3, -0.25) is 14.2 Å². The summed E-state index contributed by atoms with van der Waals surface area (Å²) < 4.78 is 1.55. The molecule has 0 aliphatic rings. The molecule has 0 atom stereocenters. The van der Waals surface area contributed by atoms with Crippen molar-refractivity contribution in [3.63, 3.8) is 0 Å². The molecule has 0 amide bonds. The Morgan fingerprint density at radius 1 is 1.24 bits per heavy atom. The Bertz CT molecular complexity index is 619. The van der Waals surface area contributed by atoms with E-state index in [9.17, 15) is 9.59 Å². The van der Waals surface area contributed by atoms with Crippen LogP contribution in [0.3, 0.4) is 0 Å². The molecule has 0 bridgehead atoms. The smallest absolute Gasteiger partial charge is 0.295 e. The number of rotatable bonds is 3. The molecule has 5 heteroatoms. The number of carbonyl (C=O) groups is 1. The minimum atomic E-state index is -0.0540. The van der Waals surface area contributed by atoms with Crippen molar-refractivity contribution in [3.8, 4) is 0 Å². The van der Waals surface area contributed by atoms with E-state index in [1.54, 1.807) is 4.57 Å². The number of Topliss-reactive ketones (excluding diaryl/α,β-unsaturated/α-hetero) is 1. The van der Waals surface area contributed by atoms with Crippen molar-refractivity contribution in [1.29, 1.82) is 0 Å². The van der Waals surface area contributed by atoms with Crippen LogP contribution in [-0.2, 0) is 6.54 Å². The zero-order valence-corrected chi connectivity index (χ0v) is 11.6. The normalized spacial score (nSPS) is 10.8. The van der Waals surface area contributed by atoms with E-state index in [4.69, 9.17) is 0 Å². The van der Waals surface area contributed by atoms with Gasteiger partial charge in [0.25, 0.3) is 0 Å². The fraction of sp³-hybridized carbons (Fsp3) is 0.333. The molecule has 0 unspecified atom stereocenters. The predicted molar refractivity (Wildman–Crippen MR) is 71.4 cm³/mol. The maximum Gasteiger partial charge on any atom is 0.307 e. The highest BCUT2D eigenvalue weighted by Gasteiger charge is 2.14. The number of nitrogens with zero attached hydrogens (tertiary/aromatic N) is 1. The highest BCUT2D eigenvalue weighted by atomic mass is 32.1. The average molecular weight is 267 g/mol. The van der Waals surface area contributed by atoms with Crippen LogP contribution in [0.2, 0.25) is 0 Å². The van der Waals surface area contributed by atoms with Gasteiger partial charge in [0, 0.05) is 15.4 Å². The Labute approximate surface area is 107 Å². The second kappa shape index (κ2) is 4.58. The van der Waals surface area contributed by atoms with Crippen LogP contribution in [0.5, 0.6) is 0 Å². The van der Waals surface area contributed by atoms with Crippen LogP contribution in [-0.4, -0.2) is 10.4 Å². The first-order valence-electron chi connectivity index (χ1n) is 5.25. The Morgan fingerprint density at radius 3 is 2.41 bits per heavy atom. The highest BCUT2D eigenvalue weighted by molar-refractivity contribution is 7.14. The van der Waals surface area contributed by atoms with E-state index in [1.165, 1.54) is 22.7 Å². The third-order valence-electron chi connectivity index (χ3n) is 2.69. The van der Waals surface area contributed by atoms with Gasteiger partial charge in [0.15, 0.2) is 5.78 Å². The molecule has 0 N–H and O–H groups in total. The van der Waals surface area contributed by atoms with E-state index in [0.29, 0.717) is 0 Å².